The Morgan fingerprint density at radius 2 is 2.20 bits per heavy atom. The van der Waals surface area contributed by atoms with Crippen LogP contribution in [0.4, 0.5) is 4.39 Å². The fourth-order valence-electron chi connectivity index (χ4n) is 2.14. The van der Waals surface area contributed by atoms with Gasteiger partial charge in [-0.2, -0.15) is 5.10 Å². The summed E-state index contributed by atoms with van der Waals surface area (Å²) in [6.07, 6.45) is 3.55. The van der Waals surface area contributed by atoms with Crippen molar-refractivity contribution in [2.45, 2.75) is 25.8 Å². The molecule has 0 fully saturated rings. The molecule has 108 valence electrons. The molecule has 1 aromatic heterocycles. The fraction of sp³-hybridized carbons (Fsp3) is 0.400. The lowest BCUT2D eigenvalue weighted by molar-refractivity contribution is 0.509. The van der Waals surface area contributed by atoms with Gasteiger partial charge in [-0.1, -0.05) is 18.5 Å². The van der Waals surface area contributed by atoms with E-state index < -0.39 is 0 Å². The minimum Gasteiger partial charge on any atom is -0.308 e. The summed E-state index contributed by atoms with van der Waals surface area (Å²) in [7, 11) is 1.88. The SMILES string of the molecule is CCCNC(Cc1cc(F)ccc1Cl)c1ccn(C)n1. The Labute approximate surface area is 123 Å². The van der Waals surface area contributed by atoms with Gasteiger partial charge in [0.1, 0.15) is 5.82 Å². The third kappa shape index (κ3) is 3.81. The van der Waals surface area contributed by atoms with Crippen molar-refractivity contribution in [2.24, 2.45) is 7.05 Å². The Bertz CT molecular complexity index is 568. The number of nitrogens with one attached hydrogen (secondary N) is 1. The minimum absolute atomic E-state index is 0.0375. The number of halogens is 2. The average molecular weight is 296 g/mol. The molecule has 0 spiro atoms. The van der Waals surface area contributed by atoms with Gasteiger partial charge in [-0.25, -0.2) is 4.39 Å². The first-order valence-electron chi connectivity index (χ1n) is 6.77. The summed E-state index contributed by atoms with van der Waals surface area (Å²) in [5.74, 6) is -0.264. The van der Waals surface area contributed by atoms with Crippen molar-refractivity contribution < 1.29 is 4.39 Å². The molecule has 0 saturated heterocycles. The second-order valence-corrected chi connectivity index (χ2v) is 5.27. The quantitative estimate of drug-likeness (QED) is 0.884. The van der Waals surface area contributed by atoms with E-state index in [4.69, 9.17) is 11.6 Å². The molecule has 0 aliphatic rings. The van der Waals surface area contributed by atoms with Gasteiger partial charge < -0.3 is 5.32 Å². The fourth-order valence-corrected chi connectivity index (χ4v) is 2.33. The van der Waals surface area contributed by atoms with Gasteiger partial charge in [0.15, 0.2) is 0 Å². The van der Waals surface area contributed by atoms with Crippen molar-refractivity contribution >= 4 is 11.6 Å². The molecule has 0 saturated carbocycles. The van der Waals surface area contributed by atoms with E-state index in [-0.39, 0.29) is 11.9 Å². The molecular formula is C15H19ClFN3. The summed E-state index contributed by atoms with van der Waals surface area (Å²) in [5, 5.41) is 8.46. The van der Waals surface area contributed by atoms with Crippen LogP contribution in [0.15, 0.2) is 30.5 Å². The highest BCUT2D eigenvalue weighted by Gasteiger charge is 2.16. The monoisotopic (exact) mass is 295 g/mol. The molecule has 0 amide bonds. The second kappa shape index (κ2) is 6.86. The molecule has 1 unspecified atom stereocenters. The summed E-state index contributed by atoms with van der Waals surface area (Å²) in [4.78, 5) is 0. The number of nitrogens with zero attached hydrogens (tertiary/aromatic N) is 2. The molecule has 0 aliphatic heterocycles. The lowest BCUT2D eigenvalue weighted by atomic mass is 10.0. The van der Waals surface area contributed by atoms with Crippen molar-refractivity contribution in [1.29, 1.82) is 0 Å². The molecule has 0 bridgehead atoms. The molecule has 0 radical (unpaired) electrons. The first-order chi connectivity index (χ1) is 9.60. The van der Waals surface area contributed by atoms with Gasteiger partial charge in [-0.05, 0) is 49.2 Å². The van der Waals surface area contributed by atoms with Crippen molar-refractivity contribution in [3.05, 3.63) is 52.6 Å². The van der Waals surface area contributed by atoms with Crippen molar-refractivity contribution in [3.63, 3.8) is 0 Å². The Kier molecular flexibility index (Phi) is 5.15. The maximum Gasteiger partial charge on any atom is 0.123 e. The highest BCUT2D eigenvalue weighted by molar-refractivity contribution is 6.31. The predicted octanol–water partition coefficient (Wildman–Crippen LogP) is 3.50. The molecule has 1 atom stereocenters. The van der Waals surface area contributed by atoms with E-state index in [0.717, 1.165) is 24.2 Å². The first-order valence-corrected chi connectivity index (χ1v) is 7.14. The van der Waals surface area contributed by atoms with Gasteiger partial charge >= 0.3 is 0 Å². The Morgan fingerprint density at radius 1 is 1.40 bits per heavy atom. The first kappa shape index (κ1) is 15.0. The van der Waals surface area contributed by atoms with Crippen LogP contribution in [0.1, 0.15) is 30.6 Å². The van der Waals surface area contributed by atoms with Gasteiger partial charge in [0, 0.05) is 18.3 Å². The molecule has 2 aromatic rings. The Balaban J connectivity index is 2.21. The van der Waals surface area contributed by atoms with E-state index in [9.17, 15) is 4.39 Å². The van der Waals surface area contributed by atoms with Crippen LogP contribution < -0.4 is 5.32 Å². The number of aryl methyl sites for hydroxylation is 1. The summed E-state index contributed by atoms with van der Waals surface area (Å²) < 4.78 is 15.1. The van der Waals surface area contributed by atoms with E-state index in [1.807, 2.05) is 19.3 Å². The second-order valence-electron chi connectivity index (χ2n) is 4.86. The van der Waals surface area contributed by atoms with Crippen LogP contribution in [0.25, 0.3) is 0 Å². The van der Waals surface area contributed by atoms with Gasteiger partial charge in [0.25, 0.3) is 0 Å². The maximum atomic E-state index is 13.4. The van der Waals surface area contributed by atoms with Gasteiger partial charge in [-0.3, -0.25) is 4.68 Å². The van der Waals surface area contributed by atoms with Gasteiger partial charge in [-0.15, -0.1) is 0 Å². The van der Waals surface area contributed by atoms with E-state index >= 15 is 0 Å². The molecule has 1 aromatic carbocycles. The molecule has 2 rings (SSSR count). The topological polar surface area (TPSA) is 29.9 Å². The highest BCUT2D eigenvalue weighted by atomic mass is 35.5. The van der Waals surface area contributed by atoms with Gasteiger partial charge in [0.2, 0.25) is 0 Å². The summed E-state index contributed by atoms with van der Waals surface area (Å²) in [6, 6.07) is 6.48. The van der Waals surface area contributed by atoms with Crippen LogP contribution in [-0.4, -0.2) is 16.3 Å². The third-order valence-electron chi connectivity index (χ3n) is 3.16. The summed E-state index contributed by atoms with van der Waals surface area (Å²) in [6.45, 7) is 2.99. The molecule has 1 N–H and O–H groups in total. The standard InChI is InChI=1S/C15H19ClFN3/c1-3-7-18-15(14-6-8-20(2)19-14)10-11-9-12(17)4-5-13(11)16/h4-6,8-9,15,18H,3,7,10H2,1-2H3. The van der Waals surface area contributed by atoms with Crippen molar-refractivity contribution in [1.82, 2.24) is 15.1 Å². The Morgan fingerprint density at radius 3 is 2.85 bits per heavy atom. The number of aromatic nitrogens is 2. The minimum atomic E-state index is -0.264. The number of hydrogen-bond acceptors (Lipinski definition) is 2. The smallest absolute Gasteiger partial charge is 0.123 e. The lowest BCUT2D eigenvalue weighted by Crippen LogP contribution is -2.24. The number of benzene rings is 1. The zero-order valence-electron chi connectivity index (χ0n) is 11.7. The van der Waals surface area contributed by atoms with Crippen LogP contribution in [0.5, 0.6) is 0 Å². The number of hydrogen-bond donors (Lipinski definition) is 1. The van der Waals surface area contributed by atoms with E-state index in [1.54, 1.807) is 10.7 Å². The van der Waals surface area contributed by atoms with Crippen molar-refractivity contribution in [2.75, 3.05) is 6.54 Å². The normalized spacial score (nSPS) is 12.6. The lowest BCUT2D eigenvalue weighted by Gasteiger charge is -2.17. The zero-order valence-corrected chi connectivity index (χ0v) is 12.5. The third-order valence-corrected chi connectivity index (χ3v) is 3.53. The highest BCUT2D eigenvalue weighted by Crippen LogP contribution is 2.23. The zero-order chi connectivity index (χ0) is 14.5. The number of rotatable bonds is 6. The molecular weight excluding hydrogens is 277 g/mol. The molecule has 0 aliphatic carbocycles. The van der Waals surface area contributed by atoms with Crippen molar-refractivity contribution in [3.8, 4) is 0 Å². The molecule has 5 heteroatoms. The van der Waals surface area contributed by atoms with E-state index in [1.165, 1.54) is 12.1 Å². The summed E-state index contributed by atoms with van der Waals surface area (Å²) >= 11 is 6.15. The predicted molar refractivity (Wildman–Crippen MR) is 79.4 cm³/mol. The molecule has 3 nitrogen and oxygen atoms in total. The van der Waals surface area contributed by atoms with E-state index in [0.29, 0.717) is 11.4 Å². The van der Waals surface area contributed by atoms with Crippen LogP contribution in [0.3, 0.4) is 0 Å². The van der Waals surface area contributed by atoms with E-state index in [2.05, 4.69) is 17.3 Å². The Hall–Kier alpha value is -1.39. The van der Waals surface area contributed by atoms with Crippen LogP contribution in [-0.2, 0) is 13.5 Å². The maximum absolute atomic E-state index is 13.4. The average Bonchev–Trinajstić information content (AvgIpc) is 2.85. The van der Waals surface area contributed by atoms with Crippen LogP contribution in [0, 0.1) is 5.82 Å². The molecule has 20 heavy (non-hydrogen) atoms. The van der Waals surface area contributed by atoms with Crippen LogP contribution in [0.2, 0.25) is 5.02 Å². The molecule has 1 heterocycles. The summed E-state index contributed by atoms with van der Waals surface area (Å²) in [5.41, 5.74) is 1.74. The largest absolute Gasteiger partial charge is 0.308 e. The van der Waals surface area contributed by atoms with Crippen LogP contribution >= 0.6 is 11.6 Å². The van der Waals surface area contributed by atoms with Gasteiger partial charge in [0.05, 0.1) is 11.7 Å².